The van der Waals surface area contributed by atoms with Gasteiger partial charge in [0, 0.05) is 52.4 Å². The van der Waals surface area contributed by atoms with Gasteiger partial charge in [0.1, 0.15) is 11.5 Å². The van der Waals surface area contributed by atoms with Gasteiger partial charge in [-0.3, -0.25) is 4.90 Å². The van der Waals surface area contributed by atoms with Crippen LogP contribution in [0.15, 0.2) is 71.3 Å². The molecule has 0 radical (unpaired) electrons. The SMILES string of the molecule is Clc1ccc(-c2ncc3c(n2)CCN(Cc2ccc(-c4cccc(Cl)c4)o2)C3)cc1. The Labute approximate surface area is 185 Å². The molecule has 1 aliphatic heterocycles. The summed E-state index contributed by atoms with van der Waals surface area (Å²) < 4.78 is 6.06. The quantitative estimate of drug-likeness (QED) is 0.378. The fourth-order valence-corrected chi connectivity index (χ4v) is 4.04. The van der Waals surface area contributed by atoms with Crippen molar-refractivity contribution in [2.45, 2.75) is 19.5 Å². The highest BCUT2D eigenvalue weighted by atomic mass is 35.5. The number of fused-ring (bicyclic) bond motifs is 1. The number of nitrogens with zero attached hydrogens (tertiary/aromatic N) is 3. The number of halogens is 2. The first-order chi connectivity index (χ1) is 14.6. The molecule has 2 aromatic carbocycles. The van der Waals surface area contributed by atoms with Crippen LogP contribution in [-0.4, -0.2) is 21.4 Å². The maximum atomic E-state index is 6.09. The molecule has 4 aromatic rings. The first kappa shape index (κ1) is 19.3. The largest absolute Gasteiger partial charge is 0.460 e. The van der Waals surface area contributed by atoms with Gasteiger partial charge in [0.2, 0.25) is 0 Å². The molecule has 0 aliphatic carbocycles. The Morgan fingerprint density at radius 1 is 0.933 bits per heavy atom. The minimum Gasteiger partial charge on any atom is -0.460 e. The van der Waals surface area contributed by atoms with Crippen LogP contribution in [0.5, 0.6) is 0 Å². The third-order valence-electron chi connectivity index (χ3n) is 5.27. The zero-order chi connectivity index (χ0) is 20.5. The highest BCUT2D eigenvalue weighted by Crippen LogP contribution is 2.27. The molecule has 3 heterocycles. The van der Waals surface area contributed by atoms with E-state index in [1.54, 1.807) is 0 Å². The van der Waals surface area contributed by atoms with Gasteiger partial charge in [0.05, 0.1) is 12.2 Å². The van der Waals surface area contributed by atoms with Gasteiger partial charge in [-0.15, -0.1) is 0 Å². The minimum atomic E-state index is 0.705. The van der Waals surface area contributed by atoms with Gasteiger partial charge in [-0.05, 0) is 48.5 Å². The van der Waals surface area contributed by atoms with Crippen molar-refractivity contribution in [3.05, 3.63) is 93.9 Å². The van der Waals surface area contributed by atoms with Gasteiger partial charge in [0.25, 0.3) is 0 Å². The smallest absolute Gasteiger partial charge is 0.159 e. The van der Waals surface area contributed by atoms with E-state index < -0.39 is 0 Å². The predicted octanol–water partition coefficient (Wildman–Crippen LogP) is 6.27. The molecular formula is C24H19Cl2N3O. The topological polar surface area (TPSA) is 42.2 Å². The minimum absolute atomic E-state index is 0.705. The molecule has 6 heteroatoms. The van der Waals surface area contributed by atoms with Gasteiger partial charge >= 0.3 is 0 Å². The van der Waals surface area contributed by atoms with Crippen molar-refractivity contribution >= 4 is 23.2 Å². The Morgan fingerprint density at radius 2 is 1.80 bits per heavy atom. The van der Waals surface area contributed by atoms with E-state index in [-0.39, 0.29) is 0 Å². The third kappa shape index (κ3) is 4.12. The second-order valence-electron chi connectivity index (χ2n) is 7.41. The van der Waals surface area contributed by atoms with Gasteiger partial charge < -0.3 is 4.42 Å². The lowest BCUT2D eigenvalue weighted by Crippen LogP contribution is -2.30. The van der Waals surface area contributed by atoms with Crippen molar-refractivity contribution in [2.24, 2.45) is 0 Å². The fraction of sp³-hybridized carbons (Fsp3) is 0.167. The molecule has 0 fully saturated rings. The van der Waals surface area contributed by atoms with E-state index >= 15 is 0 Å². The Hall–Kier alpha value is -2.66. The zero-order valence-corrected chi connectivity index (χ0v) is 17.7. The zero-order valence-electron chi connectivity index (χ0n) is 16.2. The van der Waals surface area contributed by atoms with Crippen LogP contribution in [0.4, 0.5) is 0 Å². The van der Waals surface area contributed by atoms with Crippen molar-refractivity contribution in [3.8, 4) is 22.7 Å². The molecule has 0 bridgehead atoms. The second kappa shape index (κ2) is 8.23. The summed E-state index contributed by atoms with van der Waals surface area (Å²) in [6.07, 6.45) is 2.83. The van der Waals surface area contributed by atoms with E-state index in [0.717, 1.165) is 60.2 Å². The van der Waals surface area contributed by atoms with E-state index in [1.807, 2.05) is 66.9 Å². The molecule has 0 amide bonds. The van der Waals surface area contributed by atoms with E-state index in [0.29, 0.717) is 10.0 Å². The van der Waals surface area contributed by atoms with Gasteiger partial charge in [0.15, 0.2) is 5.82 Å². The molecule has 30 heavy (non-hydrogen) atoms. The lowest BCUT2D eigenvalue weighted by Gasteiger charge is -2.27. The lowest BCUT2D eigenvalue weighted by molar-refractivity contribution is 0.224. The first-order valence-electron chi connectivity index (χ1n) is 9.82. The number of hydrogen-bond acceptors (Lipinski definition) is 4. The molecule has 150 valence electrons. The molecule has 0 spiro atoms. The van der Waals surface area contributed by atoms with Crippen LogP contribution in [0.25, 0.3) is 22.7 Å². The van der Waals surface area contributed by atoms with Crippen LogP contribution in [0.3, 0.4) is 0 Å². The molecule has 0 N–H and O–H groups in total. The molecular weight excluding hydrogens is 417 g/mol. The Kier molecular flexibility index (Phi) is 5.30. The molecule has 2 aromatic heterocycles. The summed E-state index contributed by atoms with van der Waals surface area (Å²) >= 11 is 12.1. The third-order valence-corrected chi connectivity index (χ3v) is 5.75. The maximum Gasteiger partial charge on any atom is 0.159 e. The fourth-order valence-electron chi connectivity index (χ4n) is 3.73. The molecule has 0 saturated heterocycles. The summed E-state index contributed by atoms with van der Waals surface area (Å²) in [6, 6.07) is 19.4. The van der Waals surface area contributed by atoms with Crippen LogP contribution >= 0.6 is 23.2 Å². The summed E-state index contributed by atoms with van der Waals surface area (Å²) in [6.45, 7) is 2.49. The normalized spacial score (nSPS) is 13.9. The highest BCUT2D eigenvalue weighted by molar-refractivity contribution is 6.31. The average molecular weight is 436 g/mol. The number of aromatic nitrogens is 2. The van der Waals surface area contributed by atoms with Crippen molar-refractivity contribution in [1.82, 2.24) is 14.9 Å². The van der Waals surface area contributed by atoms with Crippen LogP contribution in [0, 0.1) is 0 Å². The van der Waals surface area contributed by atoms with E-state index in [2.05, 4.69) is 9.88 Å². The molecule has 5 rings (SSSR count). The summed E-state index contributed by atoms with van der Waals surface area (Å²) in [4.78, 5) is 11.7. The molecule has 1 aliphatic rings. The maximum absolute atomic E-state index is 6.09. The van der Waals surface area contributed by atoms with E-state index in [4.69, 9.17) is 32.6 Å². The van der Waals surface area contributed by atoms with Crippen molar-refractivity contribution in [1.29, 1.82) is 0 Å². The number of furan rings is 1. The Bertz CT molecular complexity index is 1190. The van der Waals surface area contributed by atoms with Crippen LogP contribution in [0.2, 0.25) is 10.0 Å². The summed E-state index contributed by atoms with van der Waals surface area (Å²) in [5, 5.41) is 1.42. The van der Waals surface area contributed by atoms with Crippen LogP contribution in [0.1, 0.15) is 17.0 Å². The number of rotatable bonds is 4. The summed E-state index contributed by atoms with van der Waals surface area (Å²) in [7, 11) is 0. The molecule has 0 saturated carbocycles. The predicted molar refractivity (Wildman–Crippen MR) is 119 cm³/mol. The van der Waals surface area contributed by atoms with E-state index in [9.17, 15) is 0 Å². The van der Waals surface area contributed by atoms with Crippen molar-refractivity contribution in [2.75, 3.05) is 6.54 Å². The molecule has 0 unspecified atom stereocenters. The first-order valence-corrected chi connectivity index (χ1v) is 10.6. The second-order valence-corrected chi connectivity index (χ2v) is 8.28. The average Bonchev–Trinajstić information content (AvgIpc) is 3.22. The molecule has 0 atom stereocenters. The number of hydrogen-bond donors (Lipinski definition) is 0. The van der Waals surface area contributed by atoms with Gasteiger partial charge in [-0.1, -0.05) is 35.3 Å². The van der Waals surface area contributed by atoms with Gasteiger partial charge in [-0.2, -0.15) is 0 Å². The van der Waals surface area contributed by atoms with E-state index in [1.165, 1.54) is 5.56 Å². The van der Waals surface area contributed by atoms with Crippen LogP contribution in [-0.2, 0) is 19.5 Å². The van der Waals surface area contributed by atoms with Gasteiger partial charge in [-0.25, -0.2) is 9.97 Å². The molecule has 4 nitrogen and oxygen atoms in total. The van der Waals surface area contributed by atoms with Crippen LogP contribution < -0.4 is 0 Å². The lowest BCUT2D eigenvalue weighted by atomic mass is 10.1. The Morgan fingerprint density at radius 3 is 2.63 bits per heavy atom. The standard InChI is InChI=1S/C24H19Cl2N3O/c25-19-6-4-16(5-7-19)24-27-13-18-14-29(11-10-22(18)28-24)15-21-8-9-23(30-21)17-2-1-3-20(26)12-17/h1-9,12-13H,10-11,14-15H2. The highest BCUT2D eigenvalue weighted by Gasteiger charge is 2.20. The summed E-state index contributed by atoms with van der Waals surface area (Å²) in [5.41, 5.74) is 4.25. The number of benzene rings is 2. The Balaban J connectivity index is 1.29. The summed E-state index contributed by atoms with van der Waals surface area (Å²) in [5.74, 6) is 2.52. The van der Waals surface area contributed by atoms with Crippen molar-refractivity contribution in [3.63, 3.8) is 0 Å². The monoisotopic (exact) mass is 435 g/mol. The van der Waals surface area contributed by atoms with Crippen molar-refractivity contribution < 1.29 is 4.42 Å².